The van der Waals surface area contributed by atoms with E-state index in [1.165, 1.54) is 64.2 Å². The maximum absolute atomic E-state index is 5.82. The number of fused-ring (bicyclic) bond motifs is 3. The Morgan fingerprint density at radius 2 is 1.67 bits per heavy atom. The highest BCUT2D eigenvalue weighted by atomic mass is 16.5. The lowest BCUT2D eigenvalue weighted by Crippen LogP contribution is -2.40. The summed E-state index contributed by atoms with van der Waals surface area (Å²) in [5.74, 6) is 0.866. The van der Waals surface area contributed by atoms with E-state index in [9.17, 15) is 0 Å². The highest BCUT2D eigenvalue weighted by Gasteiger charge is 2.45. The monoisotopic (exact) mass is 250 g/mol. The molecule has 4 aliphatic rings. The largest absolute Gasteiger partial charge is 0.378 e. The van der Waals surface area contributed by atoms with Crippen LogP contribution >= 0.6 is 0 Å². The fourth-order valence-corrected chi connectivity index (χ4v) is 4.50. The van der Waals surface area contributed by atoms with E-state index < -0.39 is 0 Å². The van der Waals surface area contributed by atoms with Gasteiger partial charge in [0.15, 0.2) is 0 Å². The zero-order chi connectivity index (χ0) is 12.6. The number of rotatable bonds is 3. The summed E-state index contributed by atoms with van der Waals surface area (Å²) in [5.41, 5.74) is 1.48. The van der Waals surface area contributed by atoms with E-state index in [2.05, 4.69) is 13.8 Å². The molecule has 1 nitrogen and oxygen atoms in total. The number of hydrogen-bond acceptors (Lipinski definition) is 1. The van der Waals surface area contributed by atoms with Crippen molar-refractivity contribution in [2.24, 2.45) is 16.7 Å². The van der Waals surface area contributed by atoms with Crippen LogP contribution in [0.2, 0.25) is 0 Å². The second-order valence-electron chi connectivity index (χ2n) is 7.94. The van der Waals surface area contributed by atoms with Crippen LogP contribution in [0.1, 0.15) is 78.1 Å². The summed E-state index contributed by atoms with van der Waals surface area (Å²) in [7, 11) is 0. The van der Waals surface area contributed by atoms with Crippen LogP contribution in [-0.2, 0) is 4.74 Å². The molecule has 0 aromatic rings. The van der Waals surface area contributed by atoms with Crippen molar-refractivity contribution in [2.45, 2.75) is 84.2 Å². The van der Waals surface area contributed by atoms with E-state index in [0.717, 1.165) is 23.4 Å². The fraction of sp³-hybridized carbons (Fsp3) is 1.00. The average Bonchev–Trinajstić information content (AvgIpc) is 2.40. The molecule has 0 aromatic carbocycles. The molecule has 0 radical (unpaired) electrons. The molecule has 0 spiro atoms. The van der Waals surface area contributed by atoms with E-state index in [4.69, 9.17) is 4.74 Å². The Labute approximate surface area is 113 Å². The number of ether oxygens (including phenoxy) is 1. The highest BCUT2D eigenvalue weighted by molar-refractivity contribution is 4.97. The van der Waals surface area contributed by atoms with Crippen molar-refractivity contribution < 1.29 is 4.74 Å². The summed E-state index contributed by atoms with van der Waals surface area (Å²) < 4.78 is 5.82. The standard InChI is InChI=1S/C17H30O/c1-14-3-4-15(13-18-14)5-6-17-10-7-16(2,8-11-17)9-12-17/h14-15H,3-13H2,1-2H3. The van der Waals surface area contributed by atoms with Gasteiger partial charge in [-0.2, -0.15) is 0 Å². The Morgan fingerprint density at radius 1 is 1.00 bits per heavy atom. The summed E-state index contributed by atoms with van der Waals surface area (Å²) in [5, 5.41) is 0. The Hall–Kier alpha value is -0.0400. The van der Waals surface area contributed by atoms with Crippen LogP contribution in [0.4, 0.5) is 0 Å². The summed E-state index contributed by atoms with van der Waals surface area (Å²) in [4.78, 5) is 0. The fourth-order valence-electron chi connectivity index (χ4n) is 4.50. The lowest BCUT2D eigenvalue weighted by Gasteiger charge is -2.52. The SMILES string of the molecule is CC1CCC(CCC23CCC(C)(CC2)CC3)CO1. The van der Waals surface area contributed by atoms with Crippen LogP contribution in [0.3, 0.4) is 0 Å². The van der Waals surface area contributed by atoms with Crippen molar-refractivity contribution >= 4 is 0 Å². The molecule has 0 amide bonds. The predicted molar refractivity (Wildman–Crippen MR) is 75.6 cm³/mol. The zero-order valence-corrected chi connectivity index (χ0v) is 12.3. The molecule has 2 unspecified atom stereocenters. The smallest absolute Gasteiger partial charge is 0.0547 e. The lowest BCUT2D eigenvalue weighted by molar-refractivity contribution is -0.0299. The maximum Gasteiger partial charge on any atom is 0.0547 e. The minimum absolute atomic E-state index is 0.518. The second kappa shape index (κ2) is 4.81. The molecule has 1 aliphatic heterocycles. The third kappa shape index (κ3) is 2.61. The highest BCUT2D eigenvalue weighted by Crippen LogP contribution is 2.58. The Balaban J connectivity index is 1.48. The van der Waals surface area contributed by atoms with Crippen molar-refractivity contribution in [3.8, 4) is 0 Å². The van der Waals surface area contributed by atoms with E-state index in [1.54, 1.807) is 0 Å². The molecule has 4 fully saturated rings. The summed E-state index contributed by atoms with van der Waals surface area (Å²) in [6.07, 6.45) is 15.2. The Kier molecular flexibility index (Phi) is 3.47. The first-order valence-electron chi connectivity index (χ1n) is 8.21. The third-order valence-electron chi connectivity index (χ3n) is 6.46. The van der Waals surface area contributed by atoms with Crippen LogP contribution in [0.25, 0.3) is 0 Å². The molecule has 3 saturated carbocycles. The molecule has 1 heteroatoms. The van der Waals surface area contributed by atoms with Crippen molar-refractivity contribution in [3.63, 3.8) is 0 Å². The molecule has 18 heavy (non-hydrogen) atoms. The van der Waals surface area contributed by atoms with Crippen LogP contribution in [0.5, 0.6) is 0 Å². The van der Waals surface area contributed by atoms with E-state index in [-0.39, 0.29) is 0 Å². The zero-order valence-electron chi connectivity index (χ0n) is 12.3. The maximum atomic E-state index is 5.82. The van der Waals surface area contributed by atoms with Gasteiger partial charge in [0.2, 0.25) is 0 Å². The van der Waals surface area contributed by atoms with Gasteiger partial charge in [0.1, 0.15) is 0 Å². The van der Waals surface area contributed by atoms with Crippen molar-refractivity contribution in [3.05, 3.63) is 0 Å². The molecule has 2 bridgehead atoms. The minimum Gasteiger partial charge on any atom is -0.378 e. The molecule has 1 saturated heterocycles. The topological polar surface area (TPSA) is 9.23 Å². The molecule has 0 N–H and O–H groups in total. The van der Waals surface area contributed by atoms with Gasteiger partial charge in [-0.25, -0.2) is 0 Å². The lowest BCUT2D eigenvalue weighted by atomic mass is 9.53. The molecule has 3 aliphatic carbocycles. The van der Waals surface area contributed by atoms with Crippen molar-refractivity contribution in [1.29, 1.82) is 0 Å². The Bertz CT molecular complexity index is 263. The minimum atomic E-state index is 0.518. The van der Waals surface area contributed by atoms with E-state index >= 15 is 0 Å². The molecular formula is C17H30O. The van der Waals surface area contributed by atoms with Gasteiger partial charge in [0.25, 0.3) is 0 Å². The van der Waals surface area contributed by atoms with Gasteiger partial charge in [-0.1, -0.05) is 6.92 Å². The van der Waals surface area contributed by atoms with Crippen LogP contribution in [0, 0.1) is 16.7 Å². The van der Waals surface area contributed by atoms with Gasteiger partial charge >= 0.3 is 0 Å². The molecular weight excluding hydrogens is 220 g/mol. The van der Waals surface area contributed by atoms with Gasteiger partial charge in [-0.3, -0.25) is 0 Å². The van der Waals surface area contributed by atoms with Crippen LogP contribution in [0.15, 0.2) is 0 Å². The summed E-state index contributed by atoms with van der Waals surface area (Å²) in [6.45, 7) is 5.78. The summed E-state index contributed by atoms with van der Waals surface area (Å²) >= 11 is 0. The first kappa shape index (κ1) is 13.0. The quantitative estimate of drug-likeness (QED) is 0.689. The molecule has 0 aromatic heterocycles. The van der Waals surface area contributed by atoms with Gasteiger partial charge < -0.3 is 4.74 Å². The van der Waals surface area contributed by atoms with Gasteiger partial charge in [-0.15, -0.1) is 0 Å². The van der Waals surface area contributed by atoms with Gasteiger partial charge in [0.05, 0.1) is 6.10 Å². The Morgan fingerprint density at radius 3 is 2.22 bits per heavy atom. The molecule has 104 valence electrons. The van der Waals surface area contributed by atoms with Crippen molar-refractivity contribution in [1.82, 2.24) is 0 Å². The second-order valence-corrected chi connectivity index (χ2v) is 7.94. The molecule has 4 rings (SSSR count). The van der Waals surface area contributed by atoms with Crippen molar-refractivity contribution in [2.75, 3.05) is 6.61 Å². The van der Waals surface area contributed by atoms with Crippen LogP contribution in [-0.4, -0.2) is 12.7 Å². The first-order chi connectivity index (χ1) is 8.59. The summed E-state index contributed by atoms with van der Waals surface area (Å²) in [6, 6.07) is 0. The first-order valence-corrected chi connectivity index (χ1v) is 8.21. The van der Waals surface area contributed by atoms with Gasteiger partial charge in [-0.05, 0) is 87.9 Å². The molecule has 1 heterocycles. The van der Waals surface area contributed by atoms with E-state index in [0.29, 0.717) is 6.10 Å². The van der Waals surface area contributed by atoms with Crippen LogP contribution < -0.4 is 0 Å². The normalized spacial score (nSPS) is 48.3. The number of hydrogen-bond donors (Lipinski definition) is 0. The van der Waals surface area contributed by atoms with Gasteiger partial charge in [0, 0.05) is 6.61 Å². The third-order valence-corrected chi connectivity index (χ3v) is 6.46. The molecule has 2 atom stereocenters. The average molecular weight is 250 g/mol. The predicted octanol–water partition coefficient (Wildman–Crippen LogP) is 4.94. The van der Waals surface area contributed by atoms with E-state index in [1.807, 2.05) is 0 Å².